The van der Waals surface area contributed by atoms with Gasteiger partial charge in [-0.05, 0) is 77.3 Å². The van der Waals surface area contributed by atoms with Crippen molar-refractivity contribution in [1.29, 1.82) is 0 Å². The fourth-order valence-corrected chi connectivity index (χ4v) is 3.06. The molecule has 0 radical (unpaired) electrons. The van der Waals surface area contributed by atoms with Crippen LogP contribution < -0.4 is 10.1 Å². The van der Waals surface area contributed by atoms with E-state index in [-0.39, 0.29) is 5.54 Å². The molecule has 4 heteroatoms. The van der Waals surface area contributed by atoms with Crippen molar-refractivity contribution in [2.24, 2.45) is 0 Å². The highest BCUT2D eigenvalue weighted by Gasteiger charge is 2.12. The Morgan fingerprint density at radius 1 is 1.20 bits per heavy atom. The molecule has 1 rings (SSSR count). The van der Waals surface area contributed by atoms with Crippen molar-refractivity contribution in [2.45, 2.75) is 46.2 Å². The highest BCUT2D eigenvalue weighted by molar-refractivity contribution is 9.11. The summed E-state index contributed by atoms with van der Waals surface area (Å²) < 4.78 is 7.67. The van der Waals surface area contributed by atoms with E-state index in [1.54, 1.807) is 0 Å². The molecule has 0 unspecified atom stereocenters. The molecule has 0 aliphatic carbocycles. The molecule has 0 fully saturated rings. The average Bonchev–Trinajstić information content (AvgIpc) is 2.34. The van der Waals surface area contributed by atoms with E-state index in [1.165, 1.54) is 5.56 Å². The molecule has 0 saturated carbocycles. The molecule has 1 aromatic rings. The molecular weight excluding hydrogens is 382 g/mol. The normalized spacial score (nSPS) is 10.9. The molecule has 0 aromatic heterocycles. The zero-order valence-corrected chi connectivity index (χ0v) is 15.6. The molecule has 1 N–H and O–H groups in total. The summed E-state index contributed by atoms with van der Waals surface area (Å²) in [6.45, 7) is 9.72. The molecular formula is C16H21Br2NO. The van der Waals surface area contributed by atoms with Crippen LogP contribution in [0.1, 0.15) is 39.7 Å². The zero-order chi connectivity index (χ0) is 15.2. The Morgan fingerprint density at radius 2 is 1.80 bits per heavy atom. The van der Waals surface area contributed by atoms with Gasteiger partial charge < -0.3 is 10.1 Å². The maximum absolute atomic E-state index is 5.75. The number of ether oxygens (including phenoxy) is 1. The molecule has 0 aliphatic heterocycles. The van der Waals surface area contributed by atoms with E-state index in [2.05, 4.69) is 81.9 Å². The van der Waals surface area contributed by atoms with Gasteiger partial charge in [0.05, 0.1) is 15.6 Å². The van der Waals surface area contributed by atoms with Crippen molar-refractivity contribution >= 4 is 31.9 Å². The van der Waals surface area contributed by atoms with Crippen LogP contribution in [0.5, 0.6) is 5.75 Å². The van der Waals surface area contributed by atoms with E-state index in [0.717, 1.165) is 27.7 Å². The highest BCUT2D eigenvalue weighted by Crippen LogP contribution is 2.35. The number of hydrogen-bond acceptors (Lipinski definition) is 2. The van der Waals surface area contributed by atoms with E-state index < -0.39 is 0 Å². The fourth-order valence-electron chi connectivity index (χ4n) is 1.55. The van der Waals surface area contributed by atoms with Crippen LogP contribution >= 0.6 is 31.9 Å². The third kappa shape index (κ3) is 6.30. The van der Waals surface area contributed by atoms with E-state index in [0.29, 0.717) is 6.61 Å². The standard InChI is InChI=1S/C16H21Br2NO/c1-5-6-7-8-20-15-13(17)9-12(10-14(15)18)11-19-16(2,3)4/h9-10,19H,7-8,11H2,1-4H3. The summed E-state index contributed by atoms with van der Waals surface area (Å²) in [7, 11) is 0. The Hall–Kier alpha value is -0.500. The van der Waals surface area contributed by atoms with E-state index in [9.17, 15) is 0 Å². The van der Waals surface area contributed by atoms with Crippen molar-refractivity contribution in [3.63, 3.8) is 0 Å². The van der Waals surface area contributed by atoms with Gasteiger partial charge in [0.15, 0.2) is 0 Å². The second kappa shape index (κ2) is 8.07. The van der Waals surface area contributed by atoms with Crippen LogP contribution in [0.4, 0.5) is 0 Å². The van der Waals surface area contributed by atoms with Gasteiger partial charge in [-0.25, -0.2) is 0 Å². The van der Waals surface area contributed by atoms with Gasteiger partial charge in [-0.15, -0.1) is 11.8 Å². The third-order valence-corrected chi connectivity index (χ3v) is 3.71. The van der Waals surface area contributed by atoms with Gasteiger partial charge in [-0.1, -0.05) is 0 Å². The smallest absolute Gasteiger partial charge is 0.147 e. The molecule has 110 valence electrons. The summed E-state index contributed by atoms with van der Waals surface area (Å²) in [4.78, 5) is 0. The maximum atomic E-state index is 5.75. The van der Waals surface area contributed by atoms with Crippen molar-refractivity contribution < 1.29 is 4.74 Å². The number of nitrogens with one attached hydrogen (secondary N) is 1. The molecule has 0 saturated heterocycles. The first-order chi connectivity index (χ1) is 9.33. The highest BCUT2D eigenvalue weighted by atomic mass is 79.9. The topological polar surface area (TPSA) is 21.3 Å². The summed E-state index contributed by atoms with van der Waals surface area (Å²) in [5.41, 5.74) is 1.31. The summed E-state index contributed by atoms with van der Waals surface area (Å²) >= 11 is 7.14. The second-order valence-corrected chi connectivity index (χ2v) is 7.23. The van der Waals surface area contributed by atoms with Crippen LogP contribution in [-0.2, 0) is 6.54 Å². The van der Waals surface area contributed by atoms with E-state index in [1.807, 2.05) is 6.92 Å². The first kappa shape index (κ1) is 17.6. The molecule has 0 spiro atoms. The Morgan fingerprint density at radius 3 is 2.30 bits per heavy atom. The monoisotopic (exact) mass is 401 g/mol. The van der Waals surface area contributed by atoms with Crippen molar-refractivity contribution in [3.05, 3.63) is 26.6 Å². The lowest BCUT2D eigenvalue weighted by molar-refractivity contribution is 0.323. The maximum Gasteiger partial charge on any atom is 0.147 e. The summed E-state index contributed by atoms with van der Waals surface area (Å²) in [6.07, 6.45) is 0.739. The summed E-state index contributed by atoms with van der Waals surface area (Å²) in [6, 6.07) is 4.18. The largest absolute Gasteiger partial charge is 0.490 e. The lowest BCUT2D eigenvalue weighted by atomic mass is 10.1. The van der Waals surface area contributed by atoms with E-state index >= 15 is 0 Å². The van der Waals surface area contributed by atoms with Crippen molar-refractivity contribution in [2.75, 3.05) is 6.61 Å². The van der Waals surface area contributed by atoms with Crippen molar-refractivity contribution in [3.8, 4) is 17.6 Å². The SMILES string of the molecule is CC#CCCOc1c(Br)cc(CNC(C)(C)C)cc1Br. The second-order valence-electron chi connectivity index (χ2n) is 5.52. The number of rotatable bonds is 5. The van der Waals surface area contributed by atoms with Crippen LogP contribution in [0.15, 0.2) is 21.1 Å². The van der Waals surface area contributed by atoms with Crippen LogP contribution in [0.25, 0.3) is 0 Å². The van der Waals surface area contributed by atoms with Crippen LogP contribution in [0.2, 0.25) is 0 Å². The minimum absolute atomic E-state index is 0.104. The lowest BCUT2D eigenvalue weighted by Crippen LogP contribution is -2.35. The molecule has 1 aromatic carbocycles. The van der Waals surface area contributed by atoms with Crippen LogP contribution in [0.3, 0.4) is 0 Å². The Balaban J connectivity index is 2.72. The van der Waals surface area contributed by atoms with Gasteiger partial charge in [-0.3, -0.25) is 0 Å². The summed E-state index contributed by atoms with van der Waals surface area (Å²) in [5, 5.41) is 3.47. The Kier molecular flexibility index (Phi) is 7.08. The summed E-state index contributed by atoms with van der Waals surface area (Å²) in [5.74, 6) is 6.69. The minimum Gasteiger partial charge on any atom is -0.490 e. The van der Waals surface area contributed by atoms with Gasteiger partial charge in [-0.2, -0.15) is 0 Å². The molecule has 0 heterocycles. The molecule has 0 amide bonds. The number of hydrogen-bond donors (Lipinski definition) is 1. The van der Waals surface area contributed by atoms with Gasteiger partial charge in [0.2, 0.25) is 0 Å². The third-order valence-electron chi connectivity index (χ3n) is 2.53. The van der Waals surface area contributed by atoms with Crippen molar-refractivity contribution in [1.82, 2.24) is 5.32 Å². The minimum atomic E-state index is 0.104. The quantitative estimate of drug-likeness (QED) is 0.559. The van der Waals surface area contributed by atoms with Gasteiger partial charge >= 0.3 is 0 Å². The van der Waals surface area contributed by atoms with Gasteiger partial charge in [0, 0.05) is 18.5 Å². The Bertz CT molecular complexity index is 486. The number of benzene rings is 1. The molecule has 2 nitrogen and oxygen atoms in total. The molecule has 0 bridgehead atoms. The first-order valence-corrected chi connectivity index (χ1v) is 8.17. The molecule has 0 aliphatic rings. The van der Waals surface area contributed by atoms with E-state index in [4.69, 9.17) is 4.74 Å². The predicted molar refractivity (Wildman–Crippen MR) is 92.0 cm³/mol. The van der Waals surface area contributed by atoms with Gasteiger partial charge in [0.25, 0.3) is 0 Å². The lowest BCUT2D eigenvalue weighted by Gasteiger charge is -2.21. The molecule has 0 atom stereocenters. The molecule has 20 heavy (non-hydrogen) atoms. The fraction of sp³-hybridized carbons (Fsp3) is 0.500. The number of halogens is 2. The van der Waals surface area contributed by atoms with Crippen LogP contribution in [0, 0.1) is 11.8 Å². The predicted octanol–water partition coefficient (Wildman–Crippen LogP) is 4.89. The average molecular weight is 403 g/mol. The van der Waals surface area contributed by atoms with Gasteiger partial charge in [0.1, 0.15) is 5.75 Å². The van der Waals surface area contributed by atoms with Crippen LogP contribution in [-0.4, -0.2) is 12.1 Å². The first-order valence-electron chi connectivity index (χ1n) is 6.59. The Labute approximate surface area is 138 Å². The zero-order valence-electron chi connectivity index (χ0n) is 12.4.